The minimum atomic E-state index is -0.639. The summed E-state index contributed by atoms with van der Waals surface area (Å²) in [6.07, 6.45) is 1.28. The number of rotatable bonds is 2. The molecule has 2 aliphatic heterocycles. The van der Waals surface area contributed by atoms with Crippen LogP contribution in [0.1, 0.15) is 12.8 Å². The Hall–Kier alpha value is -1.30. The van der Waals surface area contributed by atoms with Crippen LogP contribution in [0, 0.1) is 5.92 Å². The van der Waals surface area contributed by atoms with Crippen molar-refractivity contribution >= 4 is 40.7 Å². The maximum absolute atomic E-state index is 12.6. The molecule has 3 rings (SSSR count). The van der Waals surface area contributed by atoms with Gasteiger partial charge in [-0.25, -0.2) is 0 Å². The first-order valence-electron chi connectivity index (χ1n) is 7.28. The molecule has 2 N–H and O–H groups in total. The summed E-state index contributed by atoms with van der Waals surface area (Å²) < 4.78 is 0. The summed E-state index contributed by atoms with van der Waals surface area (Å²) in [6, 6.07) is 4.99. The number of anilines is 1. The van der Waals surface area contributed by atoms with Crippen molar-refractivity contribution < 1.29 is 9.59 Å². The second-order valence-corrected chi connectivity index (χ2v) is 6.60. The van der Waals surface area contributed by atoms with Gasteiger partial charge in [0.1, 0.15) is 5.92 Å². The lowest BCUT2D eigenvalue weighted by Gasteiger charge is -2.21. The minimum Gasteiger partial charge on any atom is -0.340 e. The van der Waals surface area contributed by atoms with Crippen LogP contribution in [0.4, 0.5) is 5.69 Å². The monoisotopic (exact) mass is 341 g/mol. The Bertz CT molecular complexity index is 623. The summed E-state index contributed by atoms with van der Waals surface area (Å²) in [5.74, 6) is -0.978. The molecule has 0 spiro atoms. The average molecular weight is 342 g/mol. The molecule has 2 aliphatic rings. The number of carbonyl (C=O) groups is 2. The molecule has 2 saturated heterocycles. The lowest BCUT2D eigenvalue weighted by Crippen LogP contribution is -2.40. The van der Waals surface area contributed by atoms with Gasteiger partial charge in [0.15, 0.2) is 0 Å². The first-order chi connectivity index (χ1) is 10.5. The number of amides is 2. The molecule has 2 amide bonds. The smallest absolute Gasteiger partial charge is 0.239 e. The number of nitrogens with two attached hydrogens (primary N) is 1. The molecule has 0 bridgehead atoms. The number of hydrogen-bond donors (Lipinski definition) is 1. The van der Waals surface area contributed by atoms with Crippen molar-refractivity contribution in [2.75, 3.05) is 24.5 Å². The van der Waals surface area contributed by atoms with Crippen LogP contribution in [0.15, 0.2) is 18.2 Å². The average Bonchev–Trinajstić information content (AvgIpc) is 3.07. The van der Waals surface area contributed by atoms with E-state index < -0.39 is 5.92 Å². The van der Waals surface area contributed by atoms with E-state index in [4.69, 9.17) is 28.9 Å². The van der Waals surface area contributed by atoms with Crippen LogP contribution in [0.25, 0.3) is 0 Å². The second kappa shape index (κ2) is 6.07. The fraction of sp³-hybridized carbons (Fsp3) is 0.467. The predicted octanol–water partition coefficient (Wildman–Crippen LogP) is 1.91. The summed E-state index contributed by atoms with van der Waals surface area (Å²) >= 11 is 12.1. The van der Waals surface area contributed by atoms with Gasteiger partial charge in [0.2, 0.25) is 11.8 Å². The summed E-state index contributed by atoms with van der Waals surface area (Å²) in [4.78, 5) is 28.3. The van der Waals surface area contributed by atoms with E-state index in [-0.39, 0.29) is 17.9 Å². The van der Waals surface area contributed by atoms with Crippen LogP contribution in [-0.2, 0) is 9.59 Å². The molecule has 0 aliphatic carbocycles. The molecule has 0 aromatic heterocycles. The molecule has 22 heavy (non-hydrogen) atoms. The standard InChI is InChI=1S/C15H17Cl2N3O2/c16-9-1-2-12(17)13(7-9)20-6-4-11(15(20)22)14(21)19-5-3-10(18)8-19/h1-2,7,10-11H,3-6,8,18H2/t10-,11?/m1/s1. The zero-order valence-corrected chi connectivity index (χ0v) is 13.5. The van der Waals surface area contributed by atoms with E-state index in [1.807, 2.05) is 0 Å². The van der Waals surface area contributed by atoms with Crippen molar-refractivity contribution in [1.29, 1.82) is 0 Å². The third-order valence-corrected chi connectivity index (χ3v) is 4.79. The number of carbonyl (C=O) groups excluding carboxylic acids is 2. The van der Waals surface area contributed by atoms with E-state index >= 15 is 0 Å². The van der Waals surface area contributed by atoms with Crippen molar-refractivity contribution in [2.24, 2.45) is 11.7 Å². The fourth-order valence-corrected chi connectivity index (χ4v) is 3.43. The second-order valence-electron chi connectivity index (χ2n) is 5.76. The predicted molar refractivity (Wildman–Crippen MR) is 86.1 cm³/mol. The summed E-state index contributed by atoms with van der Waals surface area (Å²) in [7, 11) is 0. The fourth-order valence-electron chi connectivity index (χ4n) is 3.05. The summed E-state index contributed by atoms with van der Waals surface area (Å²) in [5.41, 5.74) is 6.39. The van der Waals surface area contributed by atoms with Crippen molar-refractivity contribution in [3.8, 4) is 0 Å². The first-order valence-corrected chi connectivity index (χ1v) is 8.04. The normalized spacial score (nSPS) is 25.1. The maximum atomic E-state index is 12.6. The van der Waals surface area contributed by atoms with Gasteiger partial charge in [0.25, 0.3) is 0 Å². The molecular formula is C15H17Cl2N3O2. The third kappa shape index (κ3) is 2.81. The SMILES string of the molecule is N[C@@H]1CCN(C(=O)C2CCN(c3cc(Cl)ccc3Cl)C2=O)C1. The highest BCUT2D eigenvalue weighted by atomic mass is 35.5. The van der Waals surface area contributed by atoms with Gasteiger partial charge in [-0.1, -0.05) is 23.2 Å². The van der Waals surface area contributed by atoms with Crippen LogP contribution in [0.2, 0.25) is 10.0 Å². The van der Waals surface area contributed by atoms with E-state index in [0.29, 0.717) is 41.8 Å². The van der Waals surface area contributed by atoms with E-state index in [1.54, 1.807) is 28.0 Å². The molecule has 118 valence electrons. The number of hydrogen-bond acceptors (Lipinski definition) is 3. The Balaban J connectivity index is 1.77. The van der Waals surface area contributed by atoms with Crippen molar-refractivity contribution in [3.63, 3.8) is 0 Å². The zero-order valence-electron chi connectivity index (χ0n) is 12.0. The number of benzene rings is 1. The number of likely N-dealkylation sites (tertiary alicyclic amines) is 1. The number of nitrogens with zero attached hydrogens (tertiary/aromatic N) is 2. The topological polar surface area (TPSA) is 66.6 Å². The maximum Gasteiger partial charge on any atom is 0.239 e. The van der Waals surface area contributed by atoms with Gasteiger partial charge in [-0.15, -0.1) is 0 Å². The molecule has 1 aromatic carbocycles. The Morgan fingerprint density at radius 1 is 1.23 bits per heavy atom. The first kappa shape index (κ1) is 15.6. The molecule has 5 nitrogen and oxygen atoms in total. The van der Waals surface area contributed by atoms with Crippen molar-refractivity contribution in [2.45, 2.75) is 18.9 Å². The quantitative estimate of drug-likeness (QED) is 0.835. The Morgan fingerprint density at radius 3 is 2.68 bits per heavy atom. The highest BCUT2D eigenvalue weighted by Crippen LogP contribution is 2.34. The Labute approximate surface area is 138 Å². The van der Waals surface area contributed by atoms with Crippen molar-refractivity contribution in [1.82, 2.24) is 4.90 Å². The lowest BCUT2D eigenvalue weighted by molar-refractivity contribution is -0.139. The van der Waals surface area contributed by atoms with Crippen LogP contribution < -0.4 is 10.6 Å². The molecule has 7 heteroatoms. The minimum absolute atomic E-state index is 0.0129. The summed E-state index contributed by atoms with van der Waals surface area (Å²) in [6.45, 7) is 1.62. The molecule has 2 fully saturated rings. The van der Waals surface area contributed by atoms with E-state index in [1.165, 1.54) is 0 Å². The van der Waals surface area contributed by atoms with Gasteiger partial charge in [-0.3, -0.25) is 9.59 Å². The van der Waals surface area contributed by atoms with Crippen LogP contribution >= 0.6 is 23.2 Å². The van der Waals surface area contributed by atoms with E-state index in [2.05, 4.69) is 0 Å². The number of halogens is 2. The van der Waals surface area contributed by atoms with Crippen LogP contribution in [-0.4, -0.2) is 42.4 Å². The molecule has 0 saturated carbocycles. The molecule has 1 aromatic rings. The molecule has 2 atom stereocenters. The largest absolute Gasteiger partial charge is 0.340 e. The van der Waals surface area contributed by atoms with Gasteiger partial charge in [-0.05, 0) is 31.0 Å². The summed E-state index contributed by atoms with van der Waals surface area (Å²) in [5, 5.41) is 0.960. The lowest BCUT2D eigenvalue weighted by atomic mass is 10.1. The van der Waals surface area contributed by atoms with E-state index in [0.717, 1.165) is 6.42 Å². The van der Waals surface area contributed by atoms with Gasteiger partial charge < -0.3 is 15.5 Å². The molecule has 1 unspecified atom stereocenters. The van der Waals surface area contributed by atoms with Gasteiger partial charge in [0, 0.05) is 30.7 Å². The highest BCUT2D eigenvalue weighted by molar-refractivity contribution is 6.36. The van der Waals surface area contributed by atoms with Gasteiger partial charge >= 0.3 is 0 Å². The molecule has 0 radical (unpaired) electrons. The third-order valence-electron chi connectivity index (χ3n) is 4.24. The van der Waals surface area contributed by atoms with Crippen LogP contribution in [0.5, 0.6) is 0 Å². The van der Waals surface area contributed by atoms with Crippen molar-refractivity contribution in [3.05, 3.63) is 28.2 Å². The molecular weight excluding hydrogens is 325 g/mol. The highest BCUT2D eigenvalue weighted by Gasteiger charge is 2.41. The molecule has 2 heterocycles. The van der Waals surface area contributed by atoms with Gasteiger partial charge in [-0.2, -0.15) is 0 Å². The van der Waals surface area contributed by atoms with Crippen LogP contribution in [0.3, 0.4) is 0 Å². The Morgan fingerprint density at radius 2 is 2.00 bits per heavy atom. The Kier molecular flexibility index (Phi) is 4.30. The zero-order chi connectivity index (χ0) is 15.9. The van der Waals surface area contributed by atoms with E-state index in [9.17, 15) is 9.59 Å². The van der Waals surface area contributed by atoms with Gasteiger partial charge in [0.05, 0.1) is 10.7 Å².